The number of amides is 1. The molecule has 1 unspecified atom stereocenters. The van der Waals surface area contributed by atoms with Crippen LogP contribution in [0.4, 0.5) is 0 Å². The monoisotopic (exact) mass is 502 g/mol. The standard InChI is InChI=1S/C19H23ClN4O2.HI/c1-13(26-17-8-6-16(20)7-9-17)11-23-19(22-2)24-12-14-4-3-5-15(10-14)18(21)25;/h3-10,13H,11-12H2,1-2H3,(H2,21,25)(H2,22,23,24);1H. The minimum atomic E-state index is -0.442. The van der Waals surface area contributed by atoms with Gasteiger partial charge >= 0.3 is 0 Å². The van der Waals surface area contributed by atoms with Crippen LogP contribution in [0.25, 0.3) is 0 Å². The molecule has 1 amide bonds. The van der Waals surface area contributed by atoms with E-state index >= 15 is 0 Å². The molecule has 0 bridgehead atoms. The number of nitrogens with one attached hydrogen (secondary N) is 2. The highest BCUT2D eigenvalue weighted by atomic mass is 127. The lowest BCUT2D eigenvalue weighted by Gasteiger charge is -2.18. The molecule has 0 aromatic heterocycles. The maximum atomic E-state index is 11.2. The van der Waals surface area contributed by atoms with Crippen LogP contribution in [-0.2, 0) is 6.54 Å². The van der Waals surface area contributed by atoms with E-state index < -0.39 is 5.91 Å². The summed E-state index contributed by atoms with van der Waals surface area (Å²) in [6, 6.07) is 14.4. The van der Waals surface area contributed by atoms with Crippen LogP contribution in [0.2, 0.25) is 5.02 Å². The Morgan fingerprint density at radius 3 is 2.56 bits per heavy atom. The molecule has 0 radical (unpaired) electrons. The molecule has 1 atom stereocenters. The van der Waals surface area contributed by atoms with Gasteiger partial charge in [-0.05, 0) is 48.9 Å². The fourth-order valence-corrected chi connectivity index (χ4v) is 2.39. The molecule has 0 aliphatic carbocycles. The Morgan fingerprint density at radius 1 is 1.22 bits per heavy atom. The lowest BCUT2D eigenvalue weighted by Crippen LogP contribution is -2.41. The zero-order valence-corrected chi connectivity index (χ0v) is 18.3. The zero-order chi connectivity index (χ0) is 18.9. The number of guanidine groups is 1. The Kier molecular flexibility index (Phi) is 9.95. The van der Waals surface area contributed by atoms with E-state index in [4.69, 9.17) is 22.1 Å². The van der Waals surface area contributed by atoms with E-state index in [-0.39, 0.29) is 30.1 Å². The predicted molar refractivity (Wildman–Crippen MR) is 120 cm³/mol. The Balaban J connectivity index is 0.00000364. The van der Waals surface area contributed by atoms with Crippen LogP contribution in [0.15, 0.2) is 53.5 Å². The van der Waals surface area contributed by atoms with Gasteiger partial charge < -0.3 is 21.1 Å². The van der Waals surface area contributed by atoms with Gasteiger partial charge in [0.05, 0.1) is 6.54 Å². The third kappa shape index (κ3) is 8.04. The summed E-state index contributed by atoms with van der Waals surface area (Å²) in [5.74, 6) is 0.957. The molecule has 27 heavy (non-hydrogen) atoms. The number of nitrogens with zero attached hydrogens (tertiary/aromatic N) is 1. The number of hydrogen-bond donors (Lipinski definition) is 3. The Hall–Kier alpha value is -2.00. The van der Waals surface area contributed by atoms with Crippen LogP contribution in [0.5, 0.6) is 5.75 Å². The van der Waals surface area contributed by atoms with E-state index in [1.807, 2.05) is 25.1 Å². The molecule has 8 heteroatoms. The third-order valence-electron chi connectivity index (χ3n) is 3.60. The van der Waals surface area contributed by atoms with Crippen molar-refractivity contribution in [2.24, 2.45) is 10.7 Å². The molecular weight excluding hydrogens is 479 g/mol. The molecule has 0 spiro atoms. The van der Waals surface area contributed by atoms with Gasteiger partial charge in [0.15, 0.2) is 5.96 Å². The van der Waals surface area contributed by atoms with Gasteiger partial charge in [0, 0.05) is 24.2 Å². The maximum Gasteiger partial charge on any atom is 0.248 e. The number of rotatable bonds is 7. The number of hydrogen-bond acceptors (Lipinski definition) is 3. The van der Waals surface area contributed by atoms with E-state index in [0.717, 1.165) is 11.3 Å². The number of carbonyl (C=O) groups excluding carboxylic acids is 1. The lowest BCUT2D eigenvalue weighted by atomic mass is 10.1. The minimum absolute atomic E-state index is 0. The molecular formula is C19H24ClIN4O2. The van der Waals surface area contributed by atoms with Crippen molar-refractivity contribution in [3.63, 3.8) is 0 Å². The predicted octanol–water partition coefficient (Wildman–Crippen LogP) is 3.19. The number of carbonyl (C=O) groups is 1. The van der Waals surface area contributed by atoms with Crippen molar-refractivity contribution in [2.45, 2.75) is 19.6 Å². The SMILES string of the molecule is CN=C(NCc1cccc(C(N)=O)c1)NCC(C)Oc1ccc(Cl)cc1.I. The lowest BCUT2D eigenvalue weighted by molar-refractivity contribution is 0.1000. The second kappa shape index (κ2) is 11.7. The summed E-state index contributed by atoms with van der Waals surface area (Å²) < 4.78 is 5.81. The highest BCUT2D eigenvalue weighted by Crippen LogP contribution is 2.16. The van der Waals surface area contributed by atoms with Gasteiger partial charge in [-0.25, -0.2) is 0 Å². The zero-order valence-electron chi connectivity index (χ0n) is 15.2. The van der Waals surface area contributed by atoms with Crippen molar-refractivity contribution in [1.82, 2.24) is 10.6 Å². The average molecular weight is 503 g/mol. The topological polar surface area (TPSA) is 88.7 Å². The van der Waals surface area contributed by atoms with Crippen molar-refractivity contribution < 1.29 is 9.53 Å². The summed E-state index contributed by atoms with van der Waals surface area (Å²) in [6.45, 7) is 3.06. The summed E-state index contributed by atoms with van der Waals surface area (Å²) in [6.07, 6.45) is -0.0621. The third-order valence-corrected chi connectivity index (χ3v) is 3.85. The number of halogens is 2. The van der Waals surface area contributed by atoms with Crippen LogP contribution < -0.4 is 21.1 Å². The number of nitrogens with two attached hydrogens (primary N) is 1. The highest BCUT2D eigenvalue weighted by molar-refractivity contribution is 14.0. The van der Waals surface area contributed by atoms with Crippen molar-refractivity contribution in [2.75, 3.05) is 13.6 Å². The first-order chi connectivity index (χ1) is 12.5. The summed E-state index contributed by atoms with van der Waals surface area (Å²) in [5, 5.41) is 7.07. The largest absolute Gasteiger partial charge is 0.489 e. The van der Waals surface area contributed by atoms with Gasteiger partial charge in [-0.1, -0.05) is 23.7 Å². The first kappa shape index (κ1) is 23.0. The fourth-order valence-electron chi connectivity index (χ4n) is 2.27. The fraction of sp³-hybridized carbons (Fsp3) is 0.263. The number of benzene rings is 2. The smallest absolute Gasteiger partial charge is 0.248 e. The van der Waals surface area contributed by atoms with Gasteiger partial charge in [0.1, 0.15) is 11.9 Å². The van der Waals surface area contributed by atoms with Crippen LogP contribution in [-0.4, -0.2) is 31.6 Å². The first-order valence-electron chi connectivity index (χ1n) is 8.23. The van der Waals surface area contributed by atoms with Crippen molar-refractivity contribution in [3.8, 4) is 5.75 Å². The summed E-state index contributed by atoms with van der Waals surface area (Å²) in [5.41, 5.74) is 6.72. The average Bonchev–Trinajstić information content (AvgIpc) is 2.64. The van der Waals surface area contributed by atoms with Gasteiger partial charge in [-0.15, -0.1) is 24.0 Å². The van der Waals surface area contributed by atoms with Crippen molar-refractivity contribution in [3.05, 3.63) is 64.7 Å². The number of aliphatic imine (C=N–C) groups is 1. The van der Waals surface area contributed by atoms with Gasteiger partial charge in [0.25, 0.3) is 0 Å². The molecule has 146 valence electrons. The summed E-state index contributed by atoms with van der Waals surface area (Å²) in [4.78, 5) is 15.4. The molecule has 2 aromatic rings. The molecule has 6 nitrogen and oxygen atoms in total. The molecule has 0 heterocycles. The molecule has 0 saturated heterocycles. The van der Waals surface area contributed by atoms with Crippen LogP contribution in [0.1, 0.15) is 22.8 Å². The van der Waals surface area contributed by atoms with E-state index in [1.165, 1.54) is 0 Å². The first-order valence-corrected chi connectivity index (χ1v) is 8.61. The van der Waals surface area contributed by atoms with Crippen LogP contribution >= 0.6 is 35.6 Å². The second-order valence-corrected chi connectivity index (χ2v) is 6.19. The van der Waals surface area contributed by atoms with Crippen LogP contribution in [0, 0.1) is 0 Å². The number of primary amides is 1. The Morgan fingerprint density at radius 2 is 1.93 bits per heavy atom. The van der Waals surface area contributed by atoms with Crippen molar-refractivity contribution >= 4 is 47.4 Å². The molecule has 4 N–H and O–H groups in total. The van der Waals surface area contributed by atoms with Gasteiger partial charge in [-0.3, -0.25) is 9.79 Å². The van der Waals surface area contributed by atoms with Crippen LogP contribution in [0.3, 0.4) is 0 Å². The van der Waals surface area contributed by atoms with Crippen molar-refractivity contribution in [1.29, 1.82) is 0 Å². The second-order valence-electron chi connectivity index (χ2n) is 5.75. The Labute approximate surface area is 181 Å². The van der Waals surface area contributed by atoms with E-state index in [9.17, 15) is 4.79 Å². The number of ether oxygens (including phenoxy) is 1. The van der Waals surface area contributed by atoms with Gasteiger partial charge in [0.2, 0.25) is 5.91 Å². The molecule has 0 aliphatic rings. The normalized spacial score (nSPS) is 11.9. The maximum absolute atomic E-state index is 11.2. The molecule has 0 aliphatic heterocycles. The minimum Gasteiger partial charge on any atom is -0.489 e. The molecule has 2 aromatic carbocycles. The quantitative estimate of drug-likeness (QED) is 0.308. The molecule has 2 rings (SSSR count). The molecule has 0 saturated carbocycles. The Bertz CT molecular complexity index is 769. The summed E-state index contributed by atoms with van der Waals surface area (Å²) >= 11 is 5.86. The summed E-state index contributed by atoms with van der Waals surface area (Å²) in [7, 11) is 1.69. The molecule has 0 fully saturated rings. The van der Waals surface area contributed by atoms with E-state index in [2.05, 4.69) is 15.6 Å². The van der Waals surface area contributed by atoms with Gasteiger partial charge in [-0.2, -0.15) is 0 Å². The highest BCUT2D eigenvalue weighted by Gasteiger charge is 2.07. The van der Waals surface area contributed by atoms with E-state index in [0.29, 0.717) is 29.6 Å². The van der Waals surface area contributed by atoms with E-state index in [1.54, 1.807) is 37.4 Å².